The van der Waals surface area contributed by atoms with Crippen LogP contribution in [-0.4, -0.2) is 19.0 Å². The van der Waals surface area contributed by atoms with Crippen LogP contribution in [0.2, 0.25) is 0 Å². The molecule has 0 fully saturated rings. The number of benzene rings is 1. The van der Waals surface area contributed by atoms with Crippen molar-refractivity contribution in [1.29, 1.82) is 0 Å². The first-order valence-corrected chi connectivity index (χ1v) is 6.10. The van der Waals surface area contributed by atoms with Gasteiger partial charge in [0, 0.05) is 12.1 Å². The lowest BCUT2D eigenvalue weighted by atomic mass is 9.81. The van der Waals surface area contributed by atoms with Gasteiger partial charge in [-0.2, -0.15) is 0 Å². The van der Waals surface area contributed by atoms with Gasteiger partial charge in [0.25, 0.3) is 5.91 Å². The van der Waals surface area contributed by atoms with Crippen molar-refractivity contribution in [1.82, 2.24) is 5.32 Å². The molecule has 17 heavy (non-hydrogen) atoms. The molecule has 1 rings (SSSR count). The molecular formula is C14H22N2O. The lowest BCUT2D eigenvalue weighted by Gasteiger charge is -2.25. The highest BCUT2D eigenvalue weighted by molar-refractivity contribution is 5.94. The Kier molecular flexibility index (Phi) is 4.70. The van der Waals surface area contributed by atoms with E-state index in [0.717, 1.165) is 17.5 Å². The van der Waals surface area contributed by atoms with E-state index < -0.39 is 0 Å². The number of rotatable bonds is 5. The largest absolute Gasteiger partial charge is 0.352 e. The summed E-state index contributed by atoms with van der Waals surface area (Å²) < 4.78 is 0. The van der Waals surface area contributed by atoms with Crippen LogP contribution in [0.1, 0.15) is 43.1 Å². The summed E-state index contributed by atoms with van der Waals surface area (Å²) >= 11 is 0. The Hall–Kier alpha value is -1.35. The average Bonchev–Trinajstić information content (AvgIpc) is 2.29. The molecule has 0 saturated carbocycles. The fraction of sp³-hybridized carbons (Fsp3) is 0.500. The SMILES string of the molecule is CCNC(=O)c1cccc(C(C)(C)CCN)c1. The Morgan fingerprint density at radius 3 is 2.71 bits per heavy atom. The van der Waals surface area contributed by atoms with Crippen LogP contribution in [-0.2, 0) is 5.41 Å². The number of carbonyl (C=O) groups is 1. The molecule has 0 spiro atoms. The Labute approximate surface area is 103 Å². The van der Waals surface area contributed by atoms with Gasteiger partial charge in [0.2, 0.25) is 0 Å². The molecule has 0 aromatic heterocycles. The fourth-order valence-corrected chi connectivity index (χ4v) is 1.85. The lowest BCUT2D eigenvalue weighted by molar-refractivity contribution is 0.0955. The maximum atomic E-state index is 11.7. The number of nitrogens with one attached hydrogen (secondary N) is 1. The van der Waals surface area contributed by atoms with E-state index in [0.29, 0.717) is 13.1 Å². The van der Waals surface area contributed by atoms with E-state index >= 15 is 0 Å². The molecule has 0 atom stereocenters. The molecule has 3 heteroatoms. The summed E-state index contributed by atoms with van der Waals surface area (Å²) in [5.41, 5.74) is 7.51. The third kappa shape index (κ3) is 3.56. The highest BCUT2D eigenvalue weighted by atomic mass is 16.1. The van der Waals surface area contributed by atoms with Crippen LogP contribution in [0.5, 0.6) is 0 Å². The summed E-state index contributed by atoms with van der Waals surface area (Å²) in [4.78, 5) is 11.7. The number of hydrogen-bond donors (Lipinski definition) is 2. The molecule has 94 valence electrons. The van der Waals surface area contributed by atoms with Gasteiger partial charge in [-0.1, -0.05) is 26.0 Å². The third-order valence-corrected chi connectivity index (χ3v) is 3.01. The Morgan fingerprint density at radius 2 is 2.12 bits per heavy atom. The summed E-state index contributed by atoms with van der Waals surface area (Å²) in [7, 11) is 0. The molecule has 1 amide bonds. The maximum Gasteiger partial charge on any atom is 0.251 e. The van der Waals surface area contributed by atoms with Gasteiger partial charge in [-0.15, -0.1) is 0 Å². The summed E-state index contributed by atoms with van der Waals surface area (Å²) in [6, 6.07) is 7.78. The van der Waals surface area contributed by atoms with Crippen LogP contribution < -0.4 is 11.1 Å². The molecule has 0 unspecified atom stereocenters. The van der Waals surface area contributed by atoms with Crippen LogP contribution in [0.3, 0.4) is 0 Å². The molecule has 0 bridgehead atoms. The number of amides is 1. The van der Waals surface area contributed by atoms with Gasteiger partial charge in [0.1, 0.15) is 0 Å². The van der Waals surface area contributed by atoms with Crippen molar-refractivity contribution < 1.29 is 4.79 Å². The predicted octanol–water partition coefficient (Wildman–Crippen LogP) is 2.06. The molecule has 3 N–H and O–H groups in total. The summed E-state index contributed by atoms with van der Waals surface area (Å²) in [6.45, 7) is 7.52. The van der Waals surface area contributed by atoms with Crippen molar-refractivity contribution in [2.24, 2.45) is 5.73 Å². The van der Waals surface area contributed by atoms with Crippen molar-refractivity contribution in [3.05, 3.63) is 35.4 Å². The monoisotopic (exact) mass is 234 g/mol. The van der Waals surface area contributed by atoms with Crippen LogP contribution in [0.4, 0.5) is 0 Å². The minimum Gasteiger partial charge on any atom is -0.352 e. The predicted molar refractivity (Wildman–Crippen MR) is 71.1 cm³/mol. The van der Waals surface area contributed by atoms with Crippen molar-refractivity contribution in [2.45, 2.75) is 32.6 Å². The first-order chi connectivity index (χ1) is 8.01. The highest BCUT2D eigenvalue weighted by Crippen LogP contribution is 2.26. The minimum absolute atomic E-state index is 0.0112. The van der Waals surface area contributed by atoms with Crippen molar-refractivity contribution in [3.8, 4) is 0 Å². The minimum atomic E-state index is -0.0158. The Bertz CT molecular complexity index is 386. The van der Waals surface area contributed by atoms with E-state index in [4.69, 9.17) is 5.73 Å². The van der Waals surface area contributed by atoms with Gasteiger partial charge in [0.05, 0.1) is 0 Å². The second-order valence-corrected chi connectivity index (χ2v) is 4.86. The molecule has 0 aliphatic carbocycles. The van der Waals surface area contributed by atoms with Crippen LogP contribution in [0.15, 0.2) is 24.3 Å². The average molecular weight is 234 g/mol. The third-order valence-electron chi connectivity index (χ3n) is 3.01. The summed E-state index contributed by atoms with van der Waals surface area (Å²) in [6.07, 6.45) is 0.909. The molecular weight excluding hydrogens is 212 g/mol. The van der Waals surface area contributed by atoms with E-state index in [-0.39, 0.29) is 11.3 Å². The quantitative estimate of drug-likeness (QED) is 0.819. The van der Waals surface area contributed by atoms with Crippen LogP contribution in [0, 0.1) is 0 Å². The zero-order valence-electron chi connectivity index (χ0n) is 10.9. The molecule has 0 saturated heterocycles. The van der Waals surface area contributed by atoms with E-state index in [1.807, 2.05) is 25.1 Å². The normalized spacial score (nSPS) is 11.3. The van der Waals surface area contributed by atoms with Gasteiger partial charge < -0.3 is 11.1 Å². The molecule has 0 aliphatic rings. The van der Waals surface area contributed by atoms with Crippen LogP contribution in [0.25, 0.3) is 0 Å². The van der Waals surface area contributed by atoms with Crippen molar-refractivity contribution in [2.75, 3.05) is 13.1 Å². The van der Waals surface area contributed by atoms with E-state index in [1.165, 1.54) is 0 Å². The molecule has 0 radical (unpaired) electrons. The standard InChI is InChI=1S/C14H22N2O/c1-4-16-13(17)11-6-5-7-12(10-11)14(2,3)8-9-15/h5-7,10H,4,8-9,15H2,1-3H3,(H,16,17). The number of hydrogen-bond acceptors (Lipinski definition) is 2. The molecule has 3 nitrogen and oxygen atoms in total. The second kappa shape index (κ2) is 5.82. The van der Waals surface area contributed by atoms with E-state index in [1.54, 1.807) is 0 Å². The number of carbonyl (C=O) groups excluding carboxylic acids is 1. The summed E-state index contributed by atoms with van der Waals surface area (Å²) in [5.74, 6) is -0.0158. The summed E-state index contributed by atoms with van der Waals surface area (Å²) in [5, 5.41) is 2.81. The van der Waals surface area contributed by atoms with Crippen LogP contribution >= 0.6 is 0 Å². The topological polar surface area (TPSA) is 55.1 Å². The Balaban J connectivity index is 2.96. The zero-order chi connectivity index (χ0) is 12.9. The van der Waals surface area contributed by atoms with Gasteiger partial charge in [0.15, 0.2) is 0 Å². The number of nitrogens with two attached hydrogens (primary N) is 1. The lowest BCUT2D eigenvalue weighted by Crippen LogP contribution is -2.25. The van der Waals surface area contributed by atoms with Gasteiger partial charge >= 0.3 is 0 Å². The molecule has 1 aromatic rings. The maximum absolute atomic E-state index is 11.7. The van der Waals surface area contributed by atoms with Crippen molar-refractivity contribution in [3.63, 3.8) is 0 Å². The smallest absolute Gasteiger partial charge is 0.251 e. The van der Waals surface area contributed by atoms with Gasteiger partial charge in [-0.25, -0.2) is 0 Å². The molecule has 1 aromatic carbocycles. The molecule has 0 heterocycles. The van der Waals surface area contributed by atoms with E-state index in [2.05, 4.69) is 25.2 Å². The fourth-order valence-electron chi connectivity index (χ4n) is 1.85. The second-order valence-electron chi connectivity index (χ2n) is 4.86. The highest BCUT2D eigenvalue weighted by Gasteiger charge is 2.20. The van der Waals surface area contributed by atoms with Gasteiger partial charge in [-0.3, -0.25) is 4.79 Å². The van der Waals surface area contributed by atoms with Gasteiger partial charge in [-0.05, 0) is 43.0 Å². The molecule has 0 aliphatic heterocycles. The van der Waals surface area contributed by atoms with Crippen molar-refractivity contribution >= 4 is 5.91 Å². The first kappa shape index (κ1) is 13.7. The Morgan fingerprint density at radius 1 is 1.41 bits per heavy atom. The first-order valence-electron chi connectivity index (χ1n) is 6.10. The zero-order valence-corrected chi connectivity index (χ0v) is 10.9. The van der Waals surface area contributed by atoms with E-state index in [9.17, 15) is 4.79 Å².